The van der Waals surface area contributed by atoms with Crippen molar-refractivity contribution < 1.29 is 14.3 Å². The van der Waals surface area contributed by atoms with Crippen LogP contribution in [-0.4, -0.2) is 40.3 Å². The first kappa shape index (κ1) is 21.1. The van der Waals surface area contributed by atoms with E-state index in [1.807, 2.05) is 83.4 Å². The van der Waals surface area contributed by atoms with E-state index < -0.39 is 0 Å². The van der Waals surface area contributed by atoms with E-state index in [2.05, 4.69) is 10.2 Å². The van der Waals surface area contributed by atoms with Crippen molar-refractivity contribution in [3.8, 4) is 22.9 Å². The standard InChI is InChI=1S/C25H22N4O3S/c1-28(20-10-6-3-7-11-20)23(30)16-33-25-27-26-24(19-8-4-2-5-9-19)29(25)15-18-12-13-21-22(14-18)32-17-31-21/h2-14H,15-17H2,1H3. The average Bonchev–Trinajstić information content (AvgIpc) is 3.50. The highest BCUT2D eigenvalue weighted by Crippen LogP contribution is 2.33. The van der Waals surface area contributed by atoms with Crippen molar-refractivity contribution >= 4 is 23.4 Å². The Morgan fingerprint density at radius 2 is 1.70 bits per heavy atom. The van der Waals surface area contributed by atoms with Gasteiger partial charge in [0, 0.05) is 18.3 Å². The molecule has 2 heterocycles. The van der Waals surface area contributed by atoms with Crippen LogP contribution in [0, 0.1) is 0 Å². The highest BCUT2D eigenvalue weighted by atomic mass is 32.2. The zero-order valence-electron chi connectivity index (χ0n) is 18.0. The Morgan fingerprint density at radius 1 is 0.970 bits per heavy atom. The van der Waals surface area contributed by atoms with Gasteiger partial charge in [0.25, 0.3) is 0 Å². The van der Waals surface area contributed by atoms with Gasteiger partial charge < -0.3 is 14.4 Å². The highest BCUT2D eigenvalue weighted by molar-refractivity contribution is 7.99. The predicted molar refractivity (Wildman–Crippen MR) is 128 cm³/mol. The topological polar surface area (TPSA) is 69.5 Å². The van der Waals surface area contributed by atoms with Gasteiger partial charge in [0.1, 0.15) is 0 Å². The molecule has 0 saturated heterocycles. The van der Waals surface area contributed by atoms with Crippen molar-refractivity contribution in [3.05, 3.63) is 84.4 Å². The summed E-state index contributed by atoms with van der Waals surface area (Å²) in [4.78, 5) is 14.5. The molecule has 33 heavy (non-hydrogen) atoms. The van der Waals surface area contributed by atoms with Gasteiger partial charge in [-0.05, 0) is 29.8 Å². The highest BCUT2D eigenvalue weighted by Gasteiger charge is 2.19. The lowest BCUT2D eigenvalue weighted by molar-refractivity contribution is -0.115. The molecule has 0 fully saturated rings. The lowest BCUT2D eigenvalue weighted by atomic mass is 10.2. The first-order valence-corrected chi connectivity index (χ1v) is 11.5. The minimum atomic E-state index is -0.00918. The normalized spacial score (nSPS) is 12.0. The van der Waals surface area contributed by atoms with E-state index >= 15 is 0 Å². The zero-order valence-corrected chi connectivity index (χ0v) is 18.9. The predicted octanol–water partition coefficient (Wildman–Crippen LogP) is 4.48. The number of hydrogen-bond acceptors (Lipinski definition) is 6. The molecule has 1 amide bonds. The molecular formula is C25H22N4O3S. The fraction of sp³-hybridized carbons (Fsp3) is 0.160. The van der Waals surface area contributed by atoms with E-state index in [0.29, 0.717) is 11.7 Å². The maximum atomic E-state index is 12.8. The molecule has 1 aromatic heterocycles. The third-order valence-corrected chi connectivity index (χ3v) is 6.32. The molecule has 0 aliphatic carbocycles. The van der Waals surface area contributed by atoms with E-state index in [4.69, 9.17) is 9.47 Å². The van der Waals surface area contributed by atoms with Gasteiger partial charge in [-0.2, -0.15) is 0 Å². The van der Waals surface area contributed by atoms with Crippen LogP contribution in [0.15, 0.2) is 84.0 Å². The van der Waals surface area contributed by atoms with Gasteiger partial charge >= 0.3 is 0 Å². The molecule has 4 aromatic rings. The maximum absolute atomic E-state index is 12.8. The van der Waals surface area contributed by atoms with Crippen molar-refractivity contribution in [1.82, 2.24) is 14.8 Å². The molecule has 3 aromatic carbocycles. The van der Waals surface area contributed by atoms with Crippen molar-refractivity contribution in [2.75, 3.05) is 24.5 Å². The van der Waals surface area contributed by atoms with E-state index in [1.54, 1.807) is 11.9 Å². The Hall–Kier alpha value is -3.78. The Morgan fingerprint density at radius 3 is 2.48 bits per heavy atom. The van der Waals surface area contributed by atoms with Crippen LogP contribution in [0.1, 0.15) is 5.56 Å². The second-order valence-electron chi connectivity index (χ2n) is 7.52. The van der Waals surface area contributed by atoms with Gasteiger partial charge in [-0.15, -0.1) is 10.2 Å². The Bertz CT molecular complexity index is 1260. The number of hydrogen-bond donors (Lipinski definition) is 0. The van der Waals surface area contributed by atoms with Crippen molar-refractivity contribution in [3.63, 3.8) is 0 Å². The van der Waals surface area contributed by atoms with Crippen LogP contribution in [0.4, 0.5) is 5.69 Å². The lowest BCUT2D eigenvalue weighted by Crippen LogP contribution is -2.28. The van der Waals surface area contributed by atoms with Crippen LogP contribution in [0.3, 0.4) is 0 Å². The van der Waals surface area contributed by atoms with Gasteiger partial charge in [0.05, 0.1) is 12.3 Å². The molecule has 0 N–H and O–H groups in total. The number of fused-ring (bicyclic) bond motifs is 1. The van der Waals surface area contributed by atoms with E-state index in [1.165, 1.54) is 11.8 Å². The number of nitrogens with zero attached hydrogens (tertiary/aromatic N) is 4. The number of anilines is 1. The van der Waals surface area contributed by atoms with Crippen molar-refractivity contribution in [2.45, 2.75) is 11.7 Å². The summed E-state index contributed by atoms with van der Waals surface area (Å²) in [6, 6.07) is 25.4. The summed E-state index contributed by atoms with van der Waals surface area (Å²) in [5, 5.41) is 9.54. The molecule has 0 atom stereocenters. The Kier molecular flexibility index (Phi) is 5.99. The van der Waals surface area contributed by atoms with Crippen LogP contribution >= 0.6 is 11.8 Å². The van der Waals surface area contributed by atoms with E-state index in [9.17, 15) is 4.79 Å². The van der Waals surface area contributed by atoms with Crippen LogP contribution in [0.5, 0.6) is 11.5 Å². The minimum absolute atomic E-state index is 0.00918. The number of ether oxygens (including phenoxy) is 2. The molecule has 1 aliphatic rings. The Labute approximate surface area is 196 Å². The van der Waals surface area contributed by atoms with Crippen LogP contribution in [-0.2, 0) is 11.3 Å². The van der Waals surface area contributed by atoms with Crippen LogP contribution in [0.25, 0.3) is 11.4 Å². The molecule has 0 radical (unpaired) electrons. The minimum Gasteiger partial charge on any atom is -0.454 e. The number of benzene rings is 3. The number of carbonyl (C=O) groups is 1. The van der Waals surface area contributed by atoms with Crippen molar-refractivity contribution in [2.24, 2.45) is 0 Å². The fourth-order valence-electron chi connectivity index (χ4n) is 3.58. The smallest absolute Gasteiger partial charge is 0.237 e. The first-order chi connectivity index (χ1) is 16.2. The summed E-state index contributed by atoms with van der Waals surface area (Å²) in [6.45, 7) is 0.776. The van der Waals surface area contributed by atoms with Gasteiger partial charge in [0.2, 0.25) is 12.7 Å². The fourth-order valence-corrected chi connectivity index (χ4v) is 4.43. The third-order valence-electron chi connectivity index (χ3n) is 5.37. The zero-order chi connectivity index (χ0) is 22.6. The quantitative estimate of drug-likeness (QED) is 0.381. The Balaban J connectivity index is 1.40. The molecular weight excluding hydrogens is 436 g/mol. The van der Waals surface area contributed by atoms with E-state index in [0.717, 1.165) is 34.1 Å². The summed E-state index contributed by atoms with van der Waals surface area (Å²) in [6.07, 6.45) is 0. The summed E-state index contributed by atoms with van der Waals surface area (Å²) < 4.78 is 13.0. The molecule has 0 spiro atoms. The van der Waals surface area contributed by atoms with E-state index in [-0.39, 0.29) is 18.5 Å². The van der Waals surface area contributed by atoms with Gasteiger partial charge in [0.15, 0.2) is 22.5 Å². The number of aromatic nitrogens is 3. The number of para-hydroxylation sites is 1. The molecule has 0 saturated carbocycles. The van der Waals surface area contributed by atoms with Gasteiger partial charge in [-0.1, -0.05) is 66.4 Å². The second kappa shape index (κ2) is 9.38. The molecule has 0 bridgehead atoms. The molecule has 166 valence electrons. The number of rotatable bonds is 7. The average molecular weight is 459 g/mol. The number of thioether (sulfide) groups is 1. The van der Waals surface area contributed by atoms with Crippen LogP contribution < -0.4 is 14.4 Å². The summed E-state index contributed by atoms with van der Waals surface area (Å²) in [5.74, 6) is 2.47. The molecule has 7 nitrogen and oxygen atoms in total. The number of carbonyl (C=O) groups excluding carboxylic acids is 1. The monoisotopic (exact) mass is 458 g/mol. The van der Waals surface area contributed by atoms with Gasteiger partial charge in [-0.25, -0.2) is 0 Å². The van der Waals surface area contributed by atoms with Gasteiger partial charge in [-0.3, -0.25) is 9.36 Å². The summed E-state index contributed by atoms with van der Waals surface area (Å²) in [5.41, 5.74) is 2.85. The summed E-state index contributed by atoms with van der Waals surface area (Å²) in [7, 11) is 1.78. The molecule has 0 unspecified atom stereocenters. The molecule has 5 rings (SSSR count). The molecule has 1 aliphatic heterocycles. The second-order valence-corrected chi connectivity index (χ2v) is 8.47. The van der Waals surface area contributed by atoms with Crippen molar-refractivity contribution in [1.29, 1.82) is 0 Å². The number of amides is 1. The molecule has 8 heteroatoms. The largest absolute Gasteiger partial charge is 0.454 e. The SMILES string of the molecule is CN(C(=O)CSc1nnc(-c2ccccc2)n1Cc1ccc2c(c1)OCO2)c1ccccc1. The lowest BCUT2D eigenvalue weighted by Gasteiger charge is -2.17. The third kappa shape index (κ3) is 4.56. The first-order valence-electron chi connectivity index (χ1n) is 10.5. The maximum Gasteiger partial charge on any atom is 0.237 e. The summed E-state index contributed by atoms with van der Waals surface area (Å²) >= 11 is 1.38. The van der Waals surface area contributed by atoms with Crippen LogP contribution in [0.2, 0.25) is 0 Å².